The number of nitrogens with one attached hydrogen (secondary N) is 1. The summed E-state index contributed by atoms with van der Waals surface area (Å²) in [6.07, 6.45) is 3.31. The summed E-state index contributed by atoms with van der Waals surface area (Å²) in [6.45, 7) is 0. The lowest BCUT2D eigenvalue weighted by Crippen LogP contribution is -2.12. The van der Waals surface area contributed by atoms with E-state index in [-0.39, 0.29) is 5.91 Å². The van der Waals surface area contributed by atoms with Gasteiger partial charge in [-0.15, -0.1) is 0 Å². The first-order valence-corrected chi connectivity index (χ1v) is 8.49. The molecule has 0 saturated carbocycles. The number of anilines is 1. The molecule has 0 spiro atoms. The highest BCUT2D eigenvalue weighted by Gasteiger charge is 2.16. The van der Waals surface area contributed by atoms with E-state index >= 15 is 0 Å². The molecule has 0 radical (unpaired) electrons. The second kappa shape index (κ2) is 7.39. The lowest BCUT2D eigenvalue weighted by atomic mass is 10.1. The van der Waals surface area contributed by atoms with E-state index in [4.69, 9.17) is 16.1 Å². The molecule has 0 atom stereocenters. The maximum Gasteiger partial charge on any atom is 0.260 e. The van der Waals surface area contributed by atoms with Crippen molar-refractivity contribution in [3.63, 3.8) is 0 Å². The number of amides is 1. The zero-order chi connectivity index (χ0) is 18.6. The summed E-state index contributed by atoms with van der Waals surface area (Å²) in [5.41, 5.74) is 2.44. The van der Waals surface area contributed by atoms with Crippen LogP contribution in [0, 0.1) is 0 Å². The van der Waals surface area contributed by atoms with Gasteiger partial charge in [-0.25, -0.2) is 0 Å². The predicted molar refractivity (Wildman–Crippen MR) is 102 cm³/mol. The first kappa shape index (κ1) is 16.9. The summed E-state index contributed by atoms with van der Waals surface area (Å²) in [5.74, 6) is 0.478. The molecule has 0 unspecified atom stereocenters. The van der Waals surface area contributed by atoms with Gasteiger partial charge in [-0.1, -0.05) is 35.0 Å². The van der Waals surface area contributed by atoms with E-state index in [1.54, 1.807) is 60.9 Å². The Morgan fingerprint density at radius 3 is 2.63 bits per heavy atom. The van der Waals surface area contributed by atoms with Crippen molar-refractivity contribution in [1.29, 1.82) is 0 Å². The van der Waals surface area contributed by atoms with Gasteiger partial charge in [0.1, 0.15) is 0 Å². The Hall–Kier alpha value is -3.51. The van der Waals surface area contributed by atoms with Crippen molar-refractivity contribution in [2.75, 3.05) is 5.32 Å². The third kappa shape index (κ3) is 3.70. The van der Waals surface area contributed by atoms with E-state index in [0.29, 0.717) is 33.6 Å². The molecule has 7 heteroatoms. The largest absolute Gasteiger partial charge is 0.334 e. The molecule has 1 amide bonds. The fourth-order valence-corrected chi connectivity index (χ4v) is 2.74. The van der Waals surface area contributed by atoms with E-state index in [1.807, 2.05) is 12.1 Å². The number of rotatable bonds is 4. The van der Waals surface area contributed by atoms with Crippen LogP contribution in [-0.2, 0) is 0 Å². The fourth-order valence-electron chi connectivity index (χ4n) is 2.55. The zero-order valence-electron chi connectivity index (χ0n) is 14.0. The van der Waals surface area contributed by atoms with Gasteiger partial charge in [-0.05, 0) is 42.5 Å². The first-order valence-electron chi connectivity index (χ1n) is 8.11. The van der Waals surface area contributed by atoms with Crippen LogP contribution in [0.25, 0.3) is 22.8 Å². The molecule has 0 aliphatic carbocycles. The van der Waals surface area contributed by atoms with Gasteiger partial charge in [0.05, 0.1) is 11.3 Å². The quantitative estimate of drug-likeness (QED) is 0.558. The van der Waals surface area contributed by atoms with Gasteiger partial charge in [0.15, 0.2) is 0 Å². The normalized spacial score (nSPS) is 10.6. The minimum atomic E-state index is -0.279. The van der Waals surface area contributed by atoms with Gasteiger partial charge in [-0.3, -0.25) is 9.78 Å². The third-order valence-corrected chi connectivity index (χ3v) is 4.09. The number of aromatic nitrogens is 3. The number of hydrogen-bond donors (Lipinski definition) is 1. The molecule has 27 heavy (non-hydrogen) atoms. The number of benzene rings is 2. The topological polar surface area (TPSA) is 80.9 Å². The molecular formula is C20H13ClN4O2. The maximum absolute atomic E-state index is 12.5. The Labute approximate surface area is 159 Å². The van der Waals surface area contributed by atoms with Crippen molar-refractivity contribution in [1.82, 2.24) is 15.1 Å². The summed E-state index contributed by atoms with van der Waals surface area (Å²) in [5, 5.41) is 7.37. The molecule has 0 fully saturated rings. The van der Waals surface area contributed by atoms with Crippen LogP contribution >= 0.6 is 11.6 Å². The monoisotopic (exact) mass is 376 g/mol. The summed E-state index contributed by atoms with van der Waals surface area (Å²) in [4.78, 5) is 20.9. The van der Waals surface area contributed by atoms with Crippen molar-refractivity contribution in [3.8, 4) is 22.8 Å². The number of nitrogens with zero attached hydrogens (tertiary/aromatic N) is 3. The Bertz CT molecular complexity index is 1100. The number of pyridine rings is 1. The van der Waals surface area contributed by atoms with Crippen molar-refractivity contribution < 1.29 is 9.32 Å². The van der Waals surface area contributed by atoms with Crippen LogP contribution in [0.2, 0.25) is 5.02 Å². The molecule has 0 saturated heterocycles. The minimum Gasteiger partial charge on any atom is -0.334 e. The summed E-state index contributed by atoms with van der Waals surface area (Å²) >= 11 is 5.96. The summed E-state index contributed by atoms with van der Waals surface area (Å²) in [6, 6.07) is 17.5. The molecule has 2 heterocycles. The van der Waals surface area contributed by atoms with E-state index in [9.17, 15) is 4.79 Å². The number of halogens is 1. The van der Waals surface area contributed by atoms with Gasteiger partial charge < -0.3 is 9.84 Å². The van der Waals surface area contributed by atoms with Gasteiger partial charge in [0.2, 0.25) is 5.82 Å². The van der Waals surface area contributed by atoms with Crippen molar-refractivity contribution in [2.24, 2.45) is 0 Å². The van der Waals surface area contributed by atoms with Crippen LogP contribution in [0.3, 0.4) is 0 Å². The van der Waals surface area contributed by atoms with Gasteiger partial charge >= 0.3 is 0 Å². The highest BCUT2D eigenvalue weighted by Crippen LogP contribution is 2.28. The van der Waals surface area contributed by atoms with Crippen LogP contribution in [0.4, 0.5) is 5.69 Å². The zero-order valence-corrected chi connectivity index (χ0v) is 14.7. The third-order valence-electron chi connectivity index (χ3n) is 3.86. The van der Waals surface area contributed by atoms with E-state index in [2.05, 4.69) is 20.4 Å². The average Bonchev–Trinajstić information content (AvgIpc) is 3.19. The molecule has 132 valence electrons. The molecule has 6 nitrogen and oxygen atoms in total. The smallest absolute Gasteiger partial charge is 0.260 e. The molecule has 2 aromatic heterocycles. The predicted octanol–water partition coefficient (Wildman–Crippen LogP) is 4.70. The van der Waals surface area contributed by atoms with Crippen LogP contribution in [0.15, 0.2) is 77.6 Å². The molecule has 4 rings (SSSR count). The standard InChI is InChI=1S/C20H13ClN4O2/c21-15-5-3-4-14(12-15)19(26)23-17-7-2-1-6-16(17)20-24-18(25-27-20)13-8-10-22-11-9-13/h1-12H,(H,23,26). The highest BCUT2D eigenvalue weighted by molar-refractivity contribution is 6.31. The average molecular weight is 377 g/mol. The number of para-hydroxylation sites is 1. The van der Waals surface area contributed by atoms with Crippen LogP contribution in [0.5, 0.6) is 0 Å². The molecule has 4 aromatic rings. The number of carbonyl (C=O) groups excluding carboxylic acids is 1. The molecule has 1 N–H and O–H groups in total. The summed E-state index contributed by atoms with van der Waals surface area (Å²) < 4.78 is 5.40. The second-order valence-electron chi connectivity index (χ2n) is 5.67. The fraction of sp³-hybridized carbons (Fsp3) is 0. The highest BCUT2D eigenvalue weighted by atomic mass is 35.5. The lowest BCUT2D eigenvalue weighted by molar-refractivity contribution is 0.102. The van der Waals surface area contributed by atoms with Crippen molar-refractivity contribution >= 4 is 23.2 Å². The lowest BCUT2D eigenvalue weighted by Gasteiger charge is -2.08. The molecular weight excluding hydrogens is 364 g/mol. The Morgan fingerprint density at radius 1 is 1.00 bits per heavy atom. The first-order chi connectivity index (χ1) is 13.2. The SMILES string of the molecule is O=C(Nc1ccccc1-c1nc(-c2ccncc2)no1)c1cccc(Cl)c1. The molecule has 0 aliphatic rings. The van der Waals surface area contributed by atoms with Crippen molar-refractivity contribution in [3.05, 3.63) is 83.6 Å². The van der Waals surface area contributed by atoms with E-state index in [1.165, 1.54) is 0 Å². The van der Waals surface area contributed by atoms with Gasteiger partial charge in [0.25, 0.3) is 11.8 Å². The van der Waals surface area contributed by atoms with Gasteiger partial charge in [0, 0.05) is 28.5 Å². The van der Waals surface area contributed by atoms with Gasteiger partial charge in [-0.2, -0.15) is 4.98 Å². The second-order valence-corrected chi connectivity index (χ2v) is 6.11. The van der Waals surface area contributed by atoms with Crippen LogP contribution < -0.4 is 5.32 Å². The molecule has 0 bridgehead atoms. The summed E-state index contributed by atoms with van der Waals surface area (Å²) in [7, 11) is 0. The number of carbonyl (C=O) groups is 1. The van der Waals surface area contributed by atoms with E-state index < -0.39 is 0 Å². The number of hydrogen-bond acceptors (Lipinski definition) is 5. The van der Waals surface area contributed by atoms with Crippen LogP contribution in [0.1, 0.15) is 10.4 Å². The minimum absolute atomic E-state index is 0.279. The molecule has 2 aromatic carbocycles. The Kier molecular flexibility index (Phi) is 4.63. The maximum atomic E-state index is 12.5. The van der Waals surface area contributed by atoms with Crippen LogP contribution in [-0.4, -0.2) is 21.0 Å². The molecule has 0 aliphatic heterocycles. The van der Waals surface area contributed by atoms with Crippen molar-refractivity contribution in [2.45, 2.75) is 0 Å². The van der Waals surface area contributed by atoms with E-state index in [0.717, 1.165) is 5.56 Å². The Morgan fingerprint density at radius 2 is 1.81 bits per heavy atom. The Balaban J connectivity index is 1.64.